The molecule has 126 valence electrons. The number of aryl methyl sites for hydroxylation is 1. The lowest BCUT2D eigenvalue weighted by Gasteiger charge is -2.32. The molecule has 1 aromatic heterocycles. The number of piperidine rings is 1. The fourth-order valence-corrected chi connectivity index (χ4v) is 3.87. The third-order valence-corrected chi connectivity index (χ3v) is 5.21. The van der Waals surface area contributed by atoms with E-state index in [1.54, 1.807) is 11.6 Å². The summed E-state index contributed by atoms with van der Waals surface area (Å²) in [4.78, 5) is 36.4. The largest absolute Gasteiger partial charge is 0.393 e. The third kappa shape index (κ3) is 2.11. The van der Waals surface area contributed by atoms with E-state index in [2.05, 4.69) is 5.32 Å². The lowest BCUT2D eigenvalue weighted by atomic mass is 9.77. The average Bonchev–Trinajstić information content (AvgIpc) is 2.77. The van der Waals surface area contributed by atoms with Gasteiger partial charge in [-0.2, -0.15) is 0 Å². The summed E-state index contributed by atoms with van der Waals surface area (Å²) in [5.41, 5.74) is 2.29. The normalized spacial score (nSPS) is 27.2. The van der Waals surface area contributed by atoms with Gasteiger partial charge in [0.2, 0.25) is 11.8 Å². The number of para-hydroxylation sites is 1. The zero-order valence-corrected chi connectivity index (χ0v) is 13.4. The highest BCUT2D eigenvalue weighted by atomic mass is 16.3. The first-order valence-corrected chi connectivity index (χ1v) is 8.19. The second-order valence-electron chi connectivity index (χ2n) is 6.72. The van der Waals surface area contributed by atoms with E-state index in [9.17, 15) is 19.5 Å². The molecule has 1 atom stereocenters. The maximum Gasteiger partial charge on any atom is 0.329 e. The van der Waals surface area contributed by atoms with Gasteiger partial charge in [0.05, 0.1) is 17.1 Å². The molecule has 0 spiro atoms. The Balaban J connectivity index is 1.87. The number of imidazole rings is 1. The summed E-state index contributed by atoms with van der Waals surface area (Å²) in [7, 11) is 1.70. The van der Waals surface area contributed by atoms with Crippen molar-refractivity contribution in [3.63, 3.8) is 0 Å². The predicted molar refractivity (Wildman–Crippen MR) is 86.6 cm³/mol. The maximum absolute atomic E-state index is 12.8. The van der Waals surface area contributed by atoms with Crippen LogP contribution in [-0.4, -0.2) is 32.2 Å². The Morgan fingerprint density at radius 3 is 2.62 bits per heavy atom. The highest BCUT2D eigenvalue weighted by Crippen LogP contribution is 2.40. The molecular weight excluding hydrogens is 310 g/mol. The van der Waals surface area contributed by atoms with Crippen molar-refractivity contribution in [3.05, 3.63) is 34.2 Å². The molecule has 2 N–H and O–H groups in total. The average molecular weight is 329 g/mol. The standard InChI is InChI=1S/C17H19N3O4/c1-19-15-11(9-7-10(21)8-9)3-2-4-12(15)20(17(19)24)13-5-6-14(22)18-16(13)23/h2-4,9-10,13,21H,5-8H2,1H3,(H,18,22,23). The van der Waals surface area contributed by atoms with Gasteiger partial charge in [-0.3, -0.25) is 24.0 Å². The molecule has 1 saturated carbocycles. The molecule has 0 bridgehead atoms. The number of aliphatic hydroxyl groups is 1. The fourth-order valence-electron chi connectivity index (χ4n) is 3.87. The van der Waals surface area contributed by atoms with Gasteiger partial charge in [-0.05, 0) is 36.8 Å². The van der Waals surface area contributed by atoms with Crippen LogP contribution in [-0.2, 0) is 16.6 Å². The summed E-state index contributed by atoms with van der Waals surface area (Å²) in [6.45, 7) is 0. The summed E-state index contributed by atoms with van der Waals surface area (Å²) in [6.07, 6.45) is 1.66. The number of carbonyl (C=O) groups excluding carboxylic acids is 2. The molecule has 4 rings (SSSR count). The third-order valence-electron chi connectivity index (χ3n) is 5.21. The number of benzene rings is 1. The van der Waals surface area contributed by atoms with Gasteiger partial charge in [0.25, 0.3) is 0 Å². The van der Waals surface area contributed by atoms with Gasteiger partial charge in [0.15, 0.2) is 0 Å². The van der Waals surface area contributed by atoms with Crippen LogP contribution < -0.4 is 11.0 Å². The van der Waals surface area contributed by atoms with Crippen molar-refractivity contribution in [2.45, 2.75) is 43.7 Å². The fraction of sp³-hybridized carbons (Fsp3) is 0.471. The SMILES string of the molecule is Cn1c(=O)n(C2CCC(=O)NC2=O)c2cccc(C3CC(O)C3)c21. The Bertz CT molecular complexity index is 904. The monoisotopic (exact) mass is 329 g/mol. The smallest absolute Gasteiger partial charge is 0.329 e. The van der Waals surface area contributed by atoms with Gasteiger partial charge in [-0.15, -0.1) is 0 Å². The highest BCUT2D eigenvalue weighted by molar-refractivity contribution is 6.00. The molecule has 24 heavy (non-hydrogen) atoms. The van der Waals surface area contributed by atoms with E-state index in [1.807, 2.05) is 18.2 Å². The number of amides is 2. The molecule has 1 saturated heterocycles. The molecule has 7 nitrogen and oxygen atoms in total. The summed E-state index contributed by atoms with van der Waals surface area (Å²) in [5, 5.41) is 11.9. The van der Waals surface area contributed by atoms with Crippen molar-refractivity contribution in [2.24, 2.45) is 7.05 Å². The van der Waals surface area contributed by atoms with Crippen LogP contribution in [0.2, 0.25) is 0 Å². The van der Waals surface area contributed by atoms with Crippen molar-refractivity contribution in [1.29, 1.82) is 0 Å². The molecule has 2 aromatic rings. The van der Waals surface area contributed by atoms with Crippen molar-refractivity contribution in [3.8, 4) is 0 Å². The van der Waals surface area contributed by atoms with Gasteiger partial charge in [-0.1, -0.05) is 12.1 Å². The molecule has 2 aliphatic rings. The van der Waals surface area contributed by atoms with E-state index < -0.39 is 11.9 Å². The highest BCUT2D eigenvalue weighted by Gasteiger charge is 2.34. The number of nitrogens with zero attached hydrogens (tertiary/aromatic N) is 2. The van der Waals surface area contributed by atoms with Gasteiger partial charge >= 0.3 is 5.69 Å². The van der Waals surface area contributed by atoms with Crippen molar-refractivity contribution < 1.29 is 14.7 Å². The molecule has 1 unspecified atom stereocenters. The zero-order chi connectivity index (χ0) is 17.0. The molecule has 0 radical (unpaired) electrons. The number of aliphatic hydroxyl groups excluding tert-OH is 1. The lowest BCUT2D eigenvalue weighted by Crippen LogP contribution is -2.44. The predicted octanol–water partition coefficient (Wildman–Crippen LogP) is 0.556. The topological polar surface area (TPSA) is 93.3 Å². The van der Waals surface area contributed by atoms with Crippen molar-refractivity contribution in [1.82, 2.24) is 14.5 Å². The number of fused-ring (bicyclic) bond motifs is 1. The summed E-state index contributed by atoms with van der Waals surface area (Å²) >= 11 is 0. The minimum Gasteiger partial charge on any atom is -0.393 e. The van der Waals surface area contributed by atoms with Crippen LogP contribution >= 0.6 is 0 Å². The second-order valence-corrected chi connectivity index (χ2v) is 6.72. The first-order chi connectivity index (χ1) is 11.5. The van der Waals surface area contributed by atoms with Gasteiger partial charge in [-0.25, -0.2) is 4.79 Å². The van der Waals surface area contributed by atoms with Crippen LogP contribution in [0.25, 0.3) is 11.0 Å². The number of rotatable bonds is 2. The molecular formula is C17H19N3O4. The van der Waals surface area contributed by atoms with Crippen LogP contribution in [0.1, 0.15) is 43.2 Å². The molecule has 1 aromatic carbocycles. The zero-order valence-electron chi connectivity index (χ0n) is 13.4. The van der Waals surface area contributed by atoms with E-state index in [4.69, 9.17) is 0 Å². The molecule has 1 aliphatic carbocycles. The first kappa shape index (κ1) is 15.1. The Morgan fingerprint density at radius 1 is 1.21 bits per heavy atom. The second kappa shape index (κ2) is 5.31. The van der Waals surface area contributed by atoms with Gasteiger partial charge in [0.1, 0.15) is 6.04 Å². The number of aromatic nitrogens is 2. The van der Waals surface area contributed by atoms with E-state index >= 15 is 0 Å². The van der Waals surface area contributed by atoms with E-state index in [1.165, 1.54) is 4.57 Å². The number of carbonyl (C=O) groups is 2. The minimum absolute atomic E-state index is 0.229. The van der Waals surface area contributed by atoms with Crippen molar-refractivity contribution >= 4 is 22.8 Å². The van der Waals surface area contributed by atoms with Gasteiger partial charge < -0.3 is 5.11 Å². The van der Waals surface area contributed by atoms with E-state index in [0.29, 0.717) is 24.8 Å². The van der Waals surface area contributed by atoms with E-state index in [-0.39, 0.29) is 30.0 Å². The number of imide groups is 1. The first-order valence-electron chi connectivity index (χ1n) is 8.19. The van der Waals surface area contributed by atoms with Crippen LogP contribution in [0.5, 0.6) is 0 Å². The van der Waals surface area contributed by atoms with Crippen LogP contribution in [0, 0.1) is 0 Å². The summed E-state index contributed by atoms with van der Waals surface area (Å²) in [5.74, 6) is -0.495. The van der Waals surface area contributed by atoms with E-state index in [0.717, 1.165) is 11.1 Å². The Hall–Kier alpha value is -2.41. The van der Waals surface area contributed by atoms with Gasteiger partial charge in [0, 0.05) is 13.5 Å². The molecule has 7 heteroatoms. The Kier molecular flexibility index (Phi) is 3.35. The van der Waals surface area contributed by atoms with Crippen LogP contribution in [0.3, 0.4) is 0 Å². The molecule has 2 heterocycles. The number of hydrogen-bond donors (Lipinski definition) is 2. The maximum atomic E-state index is 12.8. The molecule has 1 aliphatic heterocycles. The molecule has 2 fully saturated rings. The van der Waals surface area contributed by atoms with Crippen molar-refractivity contribution in [2.75, 3.05) is 0 Å². The van der Waals surface area contributed by atoms with Crippen LogP contribution in [0.4, 0.5) is 0 Å². The summed E-state index contributed by atoms with van der Waals surface area (Å²) < 4.78 is 3.06. The number of hydrogen-bond acceptors (Lipinski definition) is 4. The summed E-state index contributed by atoms with van der Waals surface area (Å²) in [6, 6.07) is 5.03. The van der Waals surface area contributed by atoms with Crippen LogP contribution in [0.15, 0.2) is 23.0 Å². The number of nitrogens with one attached hydrogen (secondary N) is 1. The Morgan fingerprint density at radius 2 is 1.96 bits per heavy atom. The molecule has 2 amide bonds. The Labute approximate surface area is 137 Å². The minimum atomic E-state index is -0.666. The lowest BCUT2D eigenvalue weighted by molar-refractivity contribution is -0.135. The quantitative estimate of drug-likeness (QED) is 0.787.